The van der Waals surface area contributed by atoms with E-state index in [1.165, 1.54) is 6.07 Å². The molecule has 7 heteroatoms. The molecule has 0 saturated heterocycles. The van der Waals surface area contributed by atoms with Crippen LogP contribution in [0, 0.1) is 5.82 Å². The summed E-state index contributed by atoms with van der Waals surface area (Å²) in [6.45, 7) is 0.679. The number of aromatic nitrogens is 2. The number of carboxylic acid groups (broad SMARTS) is 1. The molecule has 0 aliphatic heterocycles. The van der Waals surface area contributed by atoms with Gasteiger partial charge in [-0.1, -0.05) is 0 Å². The normalized spacial score (nSPS) is 12.2. The van der Waals surface area contributed by atoms with Crippen LogP contribution >= 0.6 is 0 Å². The fourth-order valence-electron chi connectivity index (χ4n) is 1.72. The van der Waals surface area contributed by atoms with Crippen molar-refractivity contribution in [3.63, 3.8) is 0 Å². The van der Waals surface area contributed by atoms with Gasteiger partial charge in [0.15, 0.2) is 0 Å². The van der Waals surface area contributed by atoms with Gasteiger partial charge in [-0.2, -0.15) is 0 Å². The van der Waals surface area contributed by atoms with Gasteiger partial charge in [0.1, 0.15) is 5.82 Å². The molecule has 1 N–H and O–H groups in total. The molecule has 0 fully saturated rings. The van der Waals surface area contributed by atoms with E-state index in [9.17, 15) is 13.4 Å². The highest BCUT2D eigenvalue weighted by atomic mass is 32.2. The summed E-state index contributed by atoms with van der Waals surface area (Å²) in [5.41, 5.74) is -0.453. The number of imidazole rings is 1. The number of carbonyl (C=O) groups is 1. The minimum atomic E-state index is -1.36. The first-order valence-electron chi connectivity index (χ1n) is 5.95. The van der Waals surface area contributed by atoms with Crippen molar-refractivity contribution in [1.29, 1.82) is 0 Å². The van der Waals surface area contributed by atoms with Crippen molar-refractivity contribution in [2.24, 2.45) is 0 Å². The van der Waals surface area contributed by atoms with Crippen molar-refractivity contribution in [3.8, 4) is 0 Å². The maximum Gasteiger partial charge on any atom is 0.338 e. The number of hydrogen-bond donors (Lipinski definition) is 1. The fourth-order valence-corrected chi connectivity index (χ4v) is 2.82. The Morgan fingerprint density at radius 1 is 1.45 bits per heavy atom. The zero-order valence-corrected chi connectivity index (χ0v) is 11.3. The number of aromatic carboxylic acids is 1. The molecule has 0 radical (unpaired) electrons. The lowest BCUT2D eigenvalue weighted by atomic mass is 10.2. The zero-order valence-electron chi connectivity index (χ0n) is 10.5. The monoisotopic (exact) mass is 296 g/mol. The lowest BCUT2D eigenvalue weighted by Gasteiger charge is -2.05. The standard InChI is InChI=1S/C13H13FN2O3S/c14-12-3-2-10(8-11(12)13(17)18)20(19)7-1-5-16-6-4-15-9-16/h2-4,6,8-9H,1,5,7H2,(H,17,18). The molecule has 0 spiro atoms. The van der Waals surface area contributed by atoms with Gasteiger partial charge in [-0.3, -0.25) is 4.21 Å². The van der Waals surface area contributed by atoms with Crippen molar-refractivity contribution >= 4 is 16.8 Å². The third-order valence-electron chi connectivity index (χ3n) is 2.74. The van der Waals surface area contributed by atoms with E-state index in [4.69, 9.17) is 5.11 Å². The third-order valence-corrected chi connectivity index (χ3v) is 4.18. The average Bonchev–Trinajstić information content (AvgIpc) is 2.92. The maximum absolute atomic E-state index is 13.2. The van der Waals surface area contributed by atoms with E-state index >= 15 is 0 Å². The van der Waals surface area contributed by atoms with Gasteiger partial charge in [-0.15, -0.1) is 0 Å². The maximum atomic E-state index is 13.2. The van der Waals surface area contributed by atoms with Crippen LogP contribution in [0.15, 0.2) is 41.8 Å². The first kappa shape index (κ1) is 14.4. The van der Waals surface area contributed by atoms with Crippen LogP contribution in [0.25, 0.3) is 0 Å². The van der Waals surface area contributed by atoms with E-state index in [1.807, 2.05) is 10.8 Å². The molecule has 20 heavy (non-hydrogen) atoms. The van der Waals surface area contributed by atoms with Crippen molar-refractivity contribution < 1.29 is 18.5 Å². The molecule has 106 valence electrons. The lowest BCUT2D eigenvalue weighted by molar-refractivity contribution is 0.0691. The highest BCUT2D eigenvalue weighted by Crippen LogP contribution is 2.14. The summed E-state index contributed by atoms with van der Waals surface area (Å²) >= 11 is 0. The van der Waals surface area contributed by atoms with Gasteiger partial charge in [0.25, 0.3) is 0 Å². The summed E-state index contributed by atoms with van der Waals surface area (Å²) in [5.74, 6) is -1.81. The summed E-state index contributed by atoms with van der Waals surface area (Å²) in [7, 11) is -1.34. The Labute approximate surface area is 117 Å². The highest BCUT2D eigenvalue weighted by molar-refractivity contribution is 7.85. The van der Waals surface area contributed by atoms with Crippen LogP contribution in [0.3, 0.4) is 0 Å². The summed E-state index contributed by atoms with van der Waals surface area (Å²) in [4.78, 5) is 15.0. The van der Waals surface area contributed by atoms with Gasteiger partial charge in [0.2, 0.25) is 0 Å². The lowest BCUT2D eigenvalue weighted by Crippen LogP contribution is -2.06. The molecule has 1 aromatic carbocycles. The molecule has 1 unspecified atom stereocenters. The Bertz CT molecular complexity index is 629. The summed E-state index contributed by atoms with van der Waals surface area (Å²) < 4.78 is 27.1. The van der Waals surface area contributed by atoms with Crippen LogP contribution < -0.4 is 0 Å². The molecular formula is C13H13FN2O3S. The summed E-state index contributed by atoms with van der Waals surface area (Å²) in [6.07, 6.45) is 5.80. The molecule has 0 aliphatic carbocycles. The molecule has 1 heterocycles. The van der Waals surface area contributed by atoms with E-state index in [-0.39, 0.29) is 0 Å². The fraction of sp³-hybridized carbons (Fsp3) is 0.231. The number of hydrogen-bond acceptors (Lipinski definition) is 3. The smallest absolute Gasteiger partial charge is 0.338 e. The number of rotatable bonds is 6. The number of benzene rings is 1. The molecule has 0 amide bonds. The largest absolute Gasteiger partial charge is 0.478 e. The second kappa shape index (κ2) is 6.42. The Hall–Kier alpha value is -2.02. The Kier molecular flexibility index (Phi) is 4.62. The van der Waals surface area contributed by atoms with Gasteiger partial charge in [-0.25, -0.2) is 14.2 Å². The number of aryl methyl sites for hydroxylation is 1. The Balaban J connectivity index is 1.98. The number of nitrogens with zero attached hydrogens (tertiary/aromatic N) is 2. The first-order chi connectivity index (χ1) is 9.58. The van der Waals surface area contributed by atoms with Crippen LogP contribution in [0.2, 0.25) is 0 Å². The first-order valence-corrected chi connectivity index (χ1v) is 7.27. The second-order valence-corrected chi connectivity index (χ2v) is 5.72. The van der Waals surface area contributed by atoms with E-state index in [2.05, 4.69) is 4.98 Å². The molecule has 1 aromatic heterocycles. The Morgan fingerprint density at radius 3 is 2.90 bits per heavy atom. The molecule has 2 rings (SSSR count). The molecular weight excluding hydrogens is 283 g/mol. The van der Waals surface area contributed by atoms with Crippen molar-refractivity contribution in [1.82, 2.24) is 9.55 Å². The number of carboxylic acids is 1. The van der Waals surface area contributed by atoms with E-state index < -0.39 is 28.1 Å². The van der Waals surface area contributed by atoms with Gasteiger partial charge < -0.3 is 9.67 Å². The third kappa shape index (κ3) is 3.51. The average molecular weight is 296 g/mol. The molecule has 0 aliphatic rings. The second-order valence-electron chi connectivity index (χ2n) is 4.15. The van der Waals surface area contributed by atoms with Gasteiger partial charge >= 0.3 is 5.97 Å². The van der Waals surface area contributed by atoms with E-state index in [1.54, 1.807) is 12.5 Å². The molecule has 2 aromatic rings. The van der Waals surface area contributed by atoms with E-state index in [0.29, 0.717) is 23.6 Å². The minimum absolute atomic E-state index is 0.328. The van der Waals surface area contributed by atoms with Crippen LogP contribution in [0.5, 0.6) is 0 Å². The molecule has 1 atom stereocenters. The van der Waals surface area contributed by atoms with Crippen LogP contribution in [0.4, 0.5) is 4.39 Å². The topological polar surface area (TPSA) is 72.2 Å². The SMILES string of the molecule is O=C(O)c1cc(S(=O)CCCn2ccnc2)ccc1F. The Morgan fingerprint density at radius 2 is 2.25 bits per heavy atom. The number of halogens is 1. The molecule has 0 bridgehead atoms. The van der Waals surface area contributed by atoms with Crippen molar-refractivity contribution in [3.05, 3.63) is 48.3 Å². The molecule has 5 nitrogen and oxygen atoms in total. The van der Waals surface area contributed by atoms with Gasteiger partial charge in [-0.05, 0) is 24.6 Å². The predicted octanol–water partition coefficient (Wildman–Crippen LogP) is 1.92. The molecule has 0 saturated carbocycles. The van der Waals surface area contributed by atoms with E-state index in [0.717, 1.165) is 12.1 Å². The highest BCUT2D eigenvalue weighted by Gasteiger charge is 2.13. The van der Waals surface area contributed by atoms with Crippen LogP contribution in [-0.4, -0.2) is 30.6 Å². The quantitative estimate of drug-likeness (QED) is 0.884. The van der Waals surface area contributed by atoms with Crippen molar-refractivity contribution in [2.75, 3.05) is 5.75 Å². The minimum Gasteiger partial charge on any atom is -0.478 e. The summed E-state index contributed by atoms with van der Waals surface area (Å²) in [6, 6.07) is 3.52. The van der Waals surface area contributed by atoms with Gasteiger partial charge in [0.05, 0.1) is 22.7 Å². The zero-order chi connectivity index (χ0) is 14.5. The van der Waals surface area contributed by atoms with Gasteiger partial charge in [0, 0.05) is 29.6 Å². The van der Waals surface area contributed by atoms with Crippen LogP contribution in [-0.2, 0) is 17.3 Å². The summed E-state index contributed by atoms with van der Waals surface area (Å²) in [5, 5.41) is 8.82. The predicted molar refractivity (Wildman–Crippen MR) is 71.5 cm³/mol. The van der Waals surface area contributed by atoms with Crippen LogP contribution in [0.1, 0.15) is 16.8 Å². The van der Waals surface area contributed by atoms with Crippen molar-refractivity contribution in [2.45, 2.75) is 17.9 Å².